The number of nitrogens with zero attached hydrogens (tertiary/aromatic N) is 2. The first kappa shape index (κ1) is 13.7. The van der Waals surface area contributed by atoms with Crippen molar-refractivity contribution >= 4 is 11.0 Å². The van der Waals surface area contributed by atoms with Gasteiger partial charge in [-0.2, -0.15) is 0 Å². The van der Waals surface area contributed by atoms with Crippen molar-refractivity contribution in [2.75, 3.05) is 0 Å². The SMILES string of the molecule is NNC(CCc1ccccc1)c1cnc2ccccc2n1. The highest BCUT2D eigenvalue weighted by Crippen LogP contribution is 2.18. The van der Waals surface area contributed by atoms with Crippen molar-refractivity contribution in [1.82, 2.24) is 15.4 Å². The van der Waals surface area contributed by atoms with Crippen molar-refractivity contribution < 1.29 is 0 Å². The molecule has 1 heterocycles. The van der Waals surface area contributed by atoms with Crippen LogP contribution in [-0.2, 0) is 6.42 Å². The second-order valence-corrected chi connectivity index (χ2v) is 5.03. The highest BCUT2D eigenvalue weighted by molar-refractivity contribution is 5.73. The fraction of sp³-hybridized carbons (Fsp3) is 0.176. The number of hydrogen-bond acceptors (Lipinski definition) is 4. The van der Waals surface area contributed by atoms with Gasteiger partial charge in [-0.05, 0) is 30.5 Å². The lowest BCUT2D eigenvalue weighted by Gasteiger charge is -2.15. The third-order valence-electron chi connectivity index (χ3n) is 3.59. The number of nitrogens with one attached hydrogen (secondary N) is 1. The lowest BCUT2D eigenvalue weighted by atomic mass is 10.0. The average molecular weight is 278 g/mol. The predicted molar refractivity (Wildman–Crippen MR) is 84.4 cm³/mol. The van der Waals surface area contributed by atoms with Gasteiger partial charge in [0.1, 0.15) is 0 Å². The first-order valence-corrected chi connectivity index (χ1v) is 7.08. The van der Waals surface area contributed by atoms with E-state index in [4.69, 9.17) is 5.84 Å². The molecule has 0 saturated heterocycles. The molecule has 4 heteroatoms. The number of hydrogen-bond donors (Lipinski definition) is 2. The molecule has 1 atom stereocenters. The molecule has 0 aliphatic heterocycles. The highest BCUT2D eigenvalue weighted by atomic mass is 15.2. The maximum Gasteiger partial charge on any atom is 0.0890 e. The average Bonchev–Trinajstić information content (AvgIpc) is 2.56. The molecule has 1 unspecified atom stereocenters. The van der Waals surface area contributed by atoms with Gasteiger partial charge < -0.3 is 0 Å². The van der Waals surface area contributed by atoms with Gasteiger partial charge in [0.05, 0.1) is 29.0 Å². The summed E-state index contributed by atoms with van der Waals surface area (Å²) >= 11 is 0. The van der Waals surface area contributed by atoms with Crippen LogP contribution in [0.25, 0.3) is 11.0 Å². The van der Waals surface area contributed by atoms with Crippen LogP contribution in [0, 0.1) is 0 Å². The predicted octanol–water partition coefficient (Wildman–Crippen LogP) is 2.77. The molecule has 2 aromatic carbocycles. The zero-order chi connectivity index (χ0) is 14.5. The van der Waals surface area contributed by atoms with Crippen molar-refractivity contribution in [1.29, 1.82) is 0 Å². The van der Waals surface area contributed by atoms with Gasteiger partial charge in [0.2, 0.25) is 0 Å². The quantitative estimate of drug-likeness (QED) is 0.556. The first-order chi connectivity index (χ1) is 10.4. The molecule has 0 bridgehead atoms. The number of aromatic nitrogens is 2. The normalized spacial score (nSPS) is 12.4. The molecule has 0 spiro atoms. The van der Waals surface area contributed by atoms with Gasteiger partial charge >= 0.3 is 0 Å². The molecule has 0 saturated carbocycles. The van der Waals surface area contributed by atoms with E-state index in [1.807, 2.05) is 30.3 Å². The Labute approximate surface area is 124 Å². The molecule has 1 aromatic heterocycles. The number of hydrazine groups is 1. The van der Waals surface area contributed by atoms with Gasteiger partial charge in [-0.3, -0.25) is 16.3 Å². The highest BCUT2D eigenvalue weighted by Gasteiger charge is 2.12. The lowest BCUT2D eigenvalue weighted by Crippen LogP contribution is -2.29. The fourth-order valence-corrected chi connectivity index (χ4v) is 2.41. The Morgan fingerprint density at radius 1 is 0.952 bits per heavy atom. The van der Waals surface area contributed by atoms with Gasteiger partial charge in [-0.15, -0.1) is 0 Å². The number of nitrogens with two attached hydrogens (primary N) is 1. The maximum atomic E-state index is 5.70. The largest absolute Gasteiger partial charge is 0.271 e. The molecule has 0 amide bonds. The van der Waals surface area contributed by atoms with Crippen LogP contribution < -0.4 is 11.3 Å². The zero-order valence-corrected chi connectivity index (χ0v) is 11.7. The molecule has 0 aliphatic rings. The van der Waals surface area contributed by atoms with E-state index in [-0.39, 0.29) is 6.04 Å². The molecular weight excluding hydrogens is 260 g/mol. The minimum atomic E-state index is 0.00214. The van der Waals surface area contributed by atoms with Crippen LogP contribution >= 0.6 is 0 Å². The van der Waals surface area contributed by atoms with Crippen LogP contribution in [0.1, 0.15) is 23.7 Å². The van der Waals surface area contributed by atoms with Gasteiger partial charge in [-0.25, -0.2) is 4.98 Å². The monoisotopic (exact) mass is 278 g/mol. The Bertz CT molecular complexity index is 712. The summed E-state index contributed by atoms with van der Waals surface area (Å²) < 4.78 is 0. The number of aryl methyl sites for hydroxylation is 1. The maximum absolute atomic E-state index is 5.70. The molecule has 0 radical (unpaired) electrons. The van der Waals surface area contributed by atoms with Crippen LogP contribution in [0.15, 0.2) is 60.8 Å². The summed E-state index contributed by atoms with van der Waals surface area (Å²) in [7, 11) is 0. The lowest BCUT2D eigenvalue weighted by molar-refractivity contribution is 0.504. The van der Waals surface area contributed by atoms with Crippen LogP contribution in [0.3, 0.4) is 0 Å². The van der Waals surface area contributed by atoms with Crippen molar-refractivity contribution in [2.45, 2.75) is 18.9 Å². The minimum absolute atomic E-state index is 0.00214. The van der Waals surface area contributed by atoms with Crippen molar-refractivity contribution in [3.05, 3.63) is 72.1 Å². The molecule has 3 N–H and O–H groups in total. The summed E-state index contributed by atoms with van der Waals surface area (Å²) in [6.45, 7) is 0. The summed E-state index contributed by atoms with van der Waals surface area (Å²) in [6.07, 6.45) is 3.63. The Morgan fingerprint density at radius 3 is 2.43 bits per heavy atom. The van der Waals surface area contributed by atoms with E-state index in [0.717, 1.165) is 29.6 Å². The van der Waals surface area contributed by atoms with Crippen LogP contribution in [0.2, 0.25) is 0 Å². The van der Waals surface area contributed by atoms with E-state index in [1.165, 1.54) is 5.56 Å². The molecule has 3 rings (SSSR count). The zero-order valence-electron chi connectivity index (χ0n) is 11.7. The molecular formula is C17H18N4. The second kappa shape index (κ2) is 6.43. The van der Waals surface area contributed by atoms with Crippen LogP contribution in [0.5, 0.6) is 0 Å². The second-order valence-electron chi connectivity index (χ2n) is 5.03. The van der Waals surface area contributed by atoms with Crippen molar-refractivity contribution in [2.24, 2.45) is 5.84 Å². The van der Waals surface area contributed by atoms with Gasteiger partial charge in [0.15, 0.2) is 0 Å². The molecule has 3 aromatic rings. The van der Waals surface area contributed by atoms with E-state index in [0.29, 0.717) is 0 Å². The van der Waals surface area contributed by atoms with E-state index < -0.39 is 0 Å². The third kappa shape index (κ3) is 3.24. The Hall–Kier alpha value is -2.30. The number of fused-ring (bicyclic) bond motifs is 1. The van der Waals surface area contributed by atoms with Gasteiger partial charge in [0.25, 0.3) is 0 Å². The topological polar surface area (TPSA) is 63.8 Å². The summed E-state index contributed by atoms with van der Waals surface area (Å²) in [5, 5.41) is 0. The minimum Gasteiger partial charge on any atom is -0.271 e. The molecule has 4 nitrogen and oxygen atoms in total. The fourth-order valence-electron chi connectivity index (χ4n) is 2.41. The summed E-state index contributed by atoms with van der Waals surface area (Å²) in [6, 6.07) is 18.2. The molecule has 0 aliphatic carbocycles. The summed E-state index contributed by atoms with van der Waals surface area (Å²) in [5.74, 6) is 5.70. The van der Waals surface area contributed by atoms with E-state index in [9.17, 15) is 0 Å². The van der Waals surface area contributed by atoms with Crippen molar-refractivity contribution in [3.63, 3.8) is 0 Å². The number of benzene rings is 2. The van der Waals surface area contributed by atoms with Crippen molar-refractivity contribution in [3.8, 4) is 0 Å². The van der Waals surface area contributed by atoms with E-state index >= 15 is 0 Å². The Kier molecular flexibility index (Phi) is 4.19. The van der Waals surface area contributed by atoms with Crippen LogP contribution in [-0.4, -0.2) is 9.97 Å². The Morgan fingerprint density at radius 2 is 1.67 bits per heavy atom. The smallest absolute Gasteiger partial charge is 0.0890 e. The van der Waals surface area contributed by atoms with Gasteiger partial charge in [-0.1, -0.05) is 42.5 Å². The Balaban J connectivity index is 1.78. The van der Waals surface area contributed by atoms with E-state index in [2.05, 4.69) is 39.7 Å². The van der Waals surface area contributed by atoms with Gasteiger partial charge in [0, 0.05) is 0 Å². The molecule has 106 valence electrons. The number of para-hydroxylation sites is 2. The standard InChI is InChI=1S/C17H18N4/c18-21-16(11-10-13-6-2-1-3-7-13)17-12-19-14-8-4-5-9-15(14)20-17/h1-9,12,16,21H,10-11,18H2. The third-order valence-corrected chi connectivity index (χ3v) is 3.59. The summed E-state index contributed by atoms with van der Waals surface area (Å²) in [4.78, 5) is 9.10. The number of rotatable bonds is 5. The first-order valence-electron chi connectivity index (χ1n) is 7.08. The van der Waals surface area contributed by atoms with E-state index in [1.54, 1.807) is 6.20 Å². The van der Waals surface area contributed by atoms with Crippen LogP contribution in [0.4, 0.5) is 0 Å². The molecule has 0 fully saturated rings. The summed E-state index contributed by atoms with van der Waals surface area (Å²) in [5.41, 5.74) is 6.83. The molecule has 21 heavy (non-hydrogen) atoms.